The molecule has 0 aliphatic carbocycles. The molecule has 0 aliphatic heterocycles. The Morgan fingerprint density at radius 3 is 1.33 bits per heavy atom. The molecule has 2 aromatic rings. The third kappa shape index (κ3) is 4.34. The summed E-state index contributed by atoms with van der Waals surface area (Å²) >= 11 is 0. The maximum Gasteiger partial charge on any atom is 0.335 e. The molecule has 0 saturated carbocycles. The molecule has 7 heteroatoms. The van der Waals surface area contributed by atoms with Crippen LogP contribution in [0.4, 0.5) is 5.69 Å². The van der Waals surface area contributed by atoms with Gasteiger partial charge in [0, 0.05) is 30.9 Å². The highest BCUT2D eigenvalue weighted by molar-refractivity contribution is 6.11. The van der Waals surface area contributed by atoms with Crippen LogP contribution in [0.1, 0.15) is 21.5 Å². The Morgan fingerprint density at radius 2 is 1.03 bits per heavy atom. The molecular formula is C23H15N5O2. The van der Waals surface area contributed by atoms with Crippen LogP contribution in [0.3, 0.4) is 0 Å². The monoisotopic (exact) mass is 393 g/mol. The van der Waals surface area contributed by atoms with Crippen LogP contribution < -0.4 is 4.90 Å². The van der Waals surface area contributed by atoms with Crippen LogP contribution in [0.15, 0.2) is 59.7 Å². The minimum atomic E-state index is -1.13. The second-order valence-electron chi connectivity index (χ2n) is 6.27. The van der Waals surface area contributed by atoms with E-state index in [9.17, 15) is 25.8 Å². The fourth-order valence-electron chi connectivity index (χ4n) is 2.81. The SMILES string of the molecule is CN(C)c1ccc(C(=C(C#N)C#N)C(=C(C#N)C#N)c2ccc(C(=O)O)cc2)cc1. The standard InChI is InChI=1S/C23H15N5O2/c1-28(2)20-9-7-16(8-10-20)22(19(13-26)14-27)21(18(11-24)12-25)15-3-5-17(6-4-15)23(29)30/h3-10H,1-2H3,(H,29,30). The number of nitriles is 4. The van der Waals surface area contributed by atoms with Crippen molar-refractivity contribution in [2.45, 2.75) is 0 Å². The third-order valence-corrected chi connectivity index (χ3v) is 4.29. The molecule has 1 N–H and O–H groups in total. The van der Waals surface area contributed by atoms with Crippen LogP contribution in [0.25, 0.3) is 11.1 Å². The first-order valence-corrected chi connectivity index (χ1v) is 8.58. The van der Waals surface area contributed by atoms with Crippen molar-refractivity contribution in [1.29, 1.82) is 21.0 Å². The van der Waals surface area contributed by atoms with E-state index in [-0.39, 0.29) is 27.9 Å². The predicted octanol–water partition coefficient (Wildman–Crippen LogP) is 3.75. The molecule has 0 heterocycles. The molecule has 2 aromatic carbocycles. The van der Waals surface area contributed by atoms with Gasteiger partial charge in [-0.1, -0.05) is 24.3 Å². The number of anilines is 1. The lowest BCUT2D eigenvalue weighted by Crippen LogP contribution is -2.08. The van der Waals surface area contributed by atoms with Crippen LogP contribution in [0, 0.1) is 45.3 Å². The highest BCUT2D eigenvalue weighted by atomic mass is 16.4. The van der Waals surface area contributed by atoms with E-state index >= 15 is 0 Å². The number of carboxylic acid groups (broad SMARTS) is 1. The highest BCUT2D eigenvalue weighted by Crippen LogP contribution is 2.37. The van der Waals surface area contributed by atoms with Gasteiger partial charge < -0.3 is 10.0 Å². The number of rotatable bonds is 5. The van der Waals surface area contributed by atoms with Crippen LogP contribution in [-0.2, 0) is 0 Å². The van der Waals surface area contributed by atoms with Crippen molar-refractivity contribution in [3.05, 3.63) is 76.4 Å². The maximum atomic E-state index is 11.2. The topological polar surface area (TPSA) is 136 Å². The molecule has 30 heavy (non-hydrogen) atoms. The zero-order chi connectivity index (χ0) is 22.3. The fourth-order valence-corrected chi connectivity index (χ4v) is 2.81. The Kier molecular flexibility index (Phi) is 6.71. The fraction of sp³-hybridized carbons (Fsp3) is 0.0870. The summed E-state index contributed by atoms with van der Waals surface area (Å²) in [5.74, 6) is -1.13. The number of carbonyl (C=O) groups is 1. The van der Waals surface area contributed by atoms with Gasteiger partial charge in [0.25, 0.3) is 0 Å². The Balaban J connectivity index is 2.88. The van der Waals surface area contributed by atoms with E-state index in [2.05, 4.69) is 0 Å². The van der Waals surface area contributed by atoms with Gasteiger partial charge in [-0.25, -0.2) is 4.79 Å². The summed E-state index contributed by atoms with van der Waals surface area (Å²) in [5.41, 5.74) is 1.37. The van der Waals surface area contributed by atoms with Crippen LogP contribution in [0.5, 0.6) is 0 Å². The molecule has 0 spiro atoms. The number of nitrogens with zero attached hydrogens (tertiary/aromatic N) is 5. The molecule has 0 saturated heterocycles. The normalized spacial score (nSPS) is 9.13. The van der Waals surface area contributed by atoms with Gasteiger partial charge in [-0.05, 0) is 35.4 Å². The molecule has 2 rings (SSSR count). The minimum Gasteiger partial charge on any atom is -0.478 e. The van der Waals surface area contributed by atoms with Gasteiger partial charge in [-0.3, -0.25) is 0 Å². The Hall–Kier alpha value is -4.85. The van der Waals surface area contributed by atoms with E-state index < -0.39 is 5.97 Å². The average Bonchev–Trinajstić information content (AvgIpc) is 2.76. The molecule has 0 atom stereocenters. The number of hydrogen-bond acceptors (Lipinski definition) is 6. The number of hydrogen-bond donors (Lipinski definition) is 1. The summed E-state index contributed by atoms with van der Waals surface area (Å²) in [6, 6.07) is 19.8. The van der Waals surface area contributed by atoms with E-state index in [1.165, 1.54) is 24.3 Å². The van der Waals surface area contributed by atoms with Gasteiger partial charge in [0.1, 0.15) is 35.4 Å². The smallest absolute Gasteiger partial charge is 0.335 e. The molecule has 0 bridgehead atoms. The quantitative estimate of drug-likeness (QED) is 0.603. The van der Waals surface area contributed by atoms with E-state index in [4.69, 9.17) is 5.11 Å². The second kappa shape index (κ2) is 9.38. The Bertz CT molecular complexity index is 1180. The van der Waals surface area contributed by atoms with Crippen molar-refractivity contribution in [3.63, 3.8) is 0 Å². The number of benzene rings is 2. The van der Waals surface area contributed by atoms with Crippen molar-refractivity contribution in [2.75, 3.05) is 19.0 Å². The maximum absolute atomic E-state index is 11.2. The molecule has 144 valence electrons. The largest absolute Gasteiger partial charge is 0.478 e. The van der Waals surface area contributed by atoms with E-state index in [0.717, 1.165) is 5.69 Å². The van der Waals surface area contributed by atoms with Crippen molar-refractivity contribution in [2.24, 2.45) is 0 Å². The molecular weight excluding hydrogens is 378 g/mol. The summed E-state index contributed by atoms with van der Waals surface area (Å²) in [6.45, 7) is 0. The highest BCUT2D eigenvalue weighted by Gasteiger charge is 2.21. The van der Waals surface area contributed by atoms with Crippen LogP contribution in [0.2, 0.25) is 0 Å². The van der Waals surface area contributed by atoms with Gasteiger partial charge in [0.2, 0.25) is 0 Å². The van der Waals surface area contributed by atoms with Gasteiger partial charge in [-0.15, -0.1) is 0 Å². The number of aromatic carboxylic acids is 1. The van der Waals surface area contributed by atoms with Gasteiger partial charge >= 0.3 is 5.97 Å². The van der Waals surface area contributed by atoms with E-state index in [1.54, 1.807) is 24.3 Å². The van der Waals surface area contributed by atoms with E-state index in [1.807, 2.05) is 43.3 Å². The summed E-state index contributed by atoms with van der Waals surface area (Å²) in [4.78, 5) is 13.0. The summed E-state index contributed by atoms with van der Waals surface area (Å²) in [6.07, 6.45) is 0. The Labute approximate surface area is 173 Å². The first-order chi connectivity index (χ1) is 14.4. The molecule has 0 aliphatic rings. The first kappa shape index (κ1) is 21.5. The summed E-state index contributed by atoms with van der Waals surface area (Å²) in [5, 5.41) is 47.2. The molecule has 0 amide bonds. The summed E-state index contributed by atoms with van der Waals surface area (Å²) in [7, 11) is 3.72. The molecule has 0 radical (unpaired) electrons. The zero-order valence-corrected chi connectivity index (χ0v) is 16.2. The second-order valence-corrected chi connectivity index (χ2v) is 6.27. The van der Waals surface area contributed by atoms with Crippen molar-refractivity contribution >= 4 is 22.8 Å². The van der Waals surface area contributed by atoms with Crippen LogP contribution in [-0.4, -0.2) is 25.2 Å². The average molecular weight is 393 g/mol. The minimum absolute atomic E-state index is 0.0234. The lowest BCUT2D eigenvalue weighted by Gasteiger charge is -2.16. The molecule has 0 fully saturated rings. The Morgan fingerprint density at radius 1 is 0.700 bits per heavy atom. The zero-order valence-electron chi connectivity index (χ0n) is 16.2. The predicted molar refractivity (Wildman–Crippen MR) is 110 cm³/mol. The van der Waals surface area contributed by atoms with Crippen LogP contribution >= 0.6 is 0 Å². The van der Waals surface area contributed by atoms with Gasteiger partial charge in [0.05, 0.1) is 5.56 Å². The molecule has 7 nitrogen and oxygen atoms in total. The number of carboxylic acids is 1. The molecule has 0 unspecified atom stereocenters. The van der Waals surface area contributed by atoms with Crippen molar-refractivity contribution in [3.8, 4) is 24.3 Å². The lowest BCUT2D eigenvalue weighted by molar-refractivity contribution is 0.0697. The summed E-state index contributed by atoms with van der Waals surface area (Å²) < 4.78 is 0. The van der Waals surface area contributed by atoms with Gasteiger partial charge in [-0.2, -0.15) is 21.0 Å². The van der Waals surface area contributed by atoms with Gasteiger partial charge in [0.15, 0.2) is 0 Å². The number of allylic oxidation sites excluding steroid dienone is 4. The lowest BCUT2D eigenvalue weighted by atomic mass is 9.86. The van der Waals surface area contributed by atoms with E-state index in [0.29, 0.717) is 11.1 Å². The van der Waals surface area contributed by atoms with Crippen molar-refractivity contribution in [1.82, 2.24) is 0 Å². The molecule has 0 aromatic heterocycles. The third-order valence-electron chi connectivity index (χ3n) is 4.29. The first-order valence-electron chi connectivity index (χ1n) is 8.58. The van der Waals surface area contributed by atoms with Crippen molar-refractivity contribution < 1.29 is 9.90 Å².